The second-order valence-electron chi connectivity index (χ2n) is 5.78. The molecular formula is C18H33FO2. The molecule has 0 saturated heterocycles. The summed E-state index contributed by atoms with van der Waals surface area (Å²) in [5.74, 6) is -0.743. The second kappa shape index (κ2) is 17.2. The largest absolute Gasteiger partial charge is 0.348 e. The van der Waals surface area contributed by atoms with E-state index in [4.69, 9.17) is 0 Å². The van der Waals surface area contributed by atoms with E-state index in [9.17, 15) is 9.32 Å². The van der Waals surface area contributed by atoms with E-state index < -0.39 is 5.97 Å². The molecule has 0 heterocycles. The van der Waals surface area contributed by atoms with Gasteiger partial charge in [-0.1, -0.05) is 70.4 Å². The van der Waals surface area contributed by atoms with Crippen LogP contribution >= 0.6 is 0 Å². The predicted octanol–water partition coefficient (Wildman–Crippen LogP) is 6.45. The highest BCUT2D eigenvalue weighted by Crippen LogP contribution is 2.10. The highest BCUT2D eigenvalue weighted by Gasteiger charge is 2.01. The molecule has 2 nitrogen and oxygen atoms in total. The number of halogens is 1. The van der Waals surface area contributed by atoms with Crippen LogP contribution in [-0.2, 0) is 9.74 Å². The summed E-state index contributed by atoms with van der Waals surface area (Å²) in [4.78, 5) is 13.7. The van der Waals surface area contributed by atoms with Crippen molar-refractivity contribution in [3.63, 3.8) is 0 Å². The van der Waals surface area contributed by atoms with Gasteiger partial charge in [-0.2, -0.15) is 0 Å². The molecule has 21 heavy (non-hydrogen) atoms. The Bertz CT molecular complexity index is 252. The highest BCUT2D eigenvalue weighted by atomic mass is 19.3. The summed E-state index contributed by atoms with van der Waals surface area (Å²) in [5.41, 5.74) is 0. The van der Waals surface area contributed by atoms with Crippen molar-refractivity contribution in [3.05, 3.63) is 12.2 Å². The van der Waals surface area contributed by atoms with Crippen molar-refractivity contribution in [2.45, 2.75) is 96.8 Å². The van der Waals surface area contributed by atoms with E-state index in [1.165, 1.54) is 57.8 Å². The predicted molar refractivity (Wildman–Crippen MR) is 86.7 cm³/mol. The third-order valence-corrected chi connectivity index (χ3v) is 3.73. The van der Waals surface area contributed by atoms with Gasteiger partial charge in [0.2, 0.25) is 0 Å². The maximum Gasteiger partial charge on any atom is 0.348 e. The standard InChI is InChI=1S/C18H33FO2/c1-2-3-4-5-6-7-8-9-10-11-12-13-14-15-16-17-18(20)21-19/h9-10H,2-8,11-17H2,1H3/b10-9-. The third kappa shape index (κ3) is 17.1. The topological polar surface area (TPSA) is 26.3 Å². The summed E-state index contributed by atoms with van der Waals surface area (Å²) in [6.45, 7) is 2.25. The van der Waals surface area contributed by atoms with Crippen molar-refractivity contribution in [3.8, 4) is 0 Å². The molecule has 0 N–H and O–H groups in total. The summed E-state index contributed by atoms with van der Waals surface area (Å²) in [5, 5.41) is 0. The number of hydrogen-bond acceptors (Lipinski definition) is 2. The Morgan fingerprint density at radius 3 is 1.81 bits per heavy atom. The molecule has 0 aromatic carbocycles. The highest BCUT2D eigenvalue weighted by molar-refractivity contribution is 5.68. The first-order valence-corrected chi connectivity index (χ1v) is 8.77. The van der Waals surface area contributed by atoms with Crippen LogP contribution in [0.1, 0.15) is 96.8 Å². The van der Waals surface area contributed by atoms with Crippen molar-refractivity contribution in [1.82, 2.24) is 0 Å². The third-order valence-electron chi connectivity index (χ3n) is 3.73. The summed E-state index contributed by atoms with van der Waals surface area (Å²) in [6.07, 6.45) is 20.6. The first-order valence-electron chi connectivity index (χ1n) is 8.77. The van der Waals surface area contributed by atoms with Gasteiger partial charge in [-0.25, -0.2) is 4.79 Å². The molecule has 0 aliphatic heterocycles. The van der Waals surface area contributed by atoms with Crippen molar-refractivity contribution in [2.24, 2.45) is 0 Å². The van der Waals surface area contributed by atoms with Gasteiger partial charge in [-0.15, -0.1) is 0 Å². The Hall–Kier alpha value is -0.860. The smallest absolute Gasteiger partial charge is 0.255 e. The fraction of sp³-hybridized carbons (Fsp3) is 0.833. The fourth-order valence-corrected chi connectivity index (χ4v) is 2.38. The zero-order valence-corrected chi connectivity index (χ0v) is 13.7. The minimum Gasteiger partial charge on any atom is -0.255 e. The van der Waals surface area contributed by atoms with Gasteiger partial charge in [0.15, 0.2) is 0 Å². The molecule has 3 heteroatoms. The molecule has 0 aromatic heterocycles. The molecule has 0 amide bonds. The lowest BCUT2D eigenvalue weighted by Gasteiger charge is -1.99. The Labute approximate surface area is 130 Å². The first kappa shape index (κ1) is 20.1. The lowest BCUT2D eigenvalue weighted by Crippen LogP contribution is -1.96. The van der Waals surface area contributed by atoms with Crippen molar-refractivity contribution in [1.29, 1.82) is 0 Å². The lowest BCUT2D eigenvalue weighted by atomic mass is 10.1. The van der Waals surface area contributed by atoms with E-state index in [0.717, 1.165) is 25.7 Å². The van der Waals surface area contributed by atoms with Crippen LogP contribution in [0.3, 0.4) is 0 Å². The summed E-state index contributed by atoms with van der Waals surface area (Å²) < 4.78 is 11.4. The monoisotopic (exact) mass is 300 g/mol. The van der Waals surface area contributed by atoms with Gasteiger partial charge in [-0.05, 0) is 32.1 Å². The molecule has 124 valence electrons. The average Bonchev–Trinajstić information content (AvgIpc) is 2.50. The number of unbranched alkanes of at least 4 members (excludes halogenated alkanes) is 11. The molecular weight excluding hydrogens is 267 g/mol. The molecule has 0 saturated carbocycles. The zero-order chi connectivity index (χ0) is 15.6. The van der Waals surface area contributed by atoms with Crippen LogP contribution in [0.4, 0.5) is 4.53 Å². The van der Waals surface area contributed by atoms with Crippen LogP contribution in [0.2, 0.25) is 0 Å². The van der Waals surface area contributed by atoms with Crippen LogP contribution in [-0.4, -0.2) is 5.97 Å². The fourth-order valence-electron chi connectivity index (χ4n) is 2.38. The van der Waals surface area contributed by atoms with Gasteiger partial charge in [0.1, 0.15) is 0 Å². The molecule has 0 aromatic rings. The maximum atomic E-state index is 11.4. The SMILES string of the molecule is CCCCCCCC/C=C\CCCCCCCC(=O)OF. The normalized spacial score (nSPS) is 11.1. The number of rotatable bonds is 15. The molecule has 0 bridgehead atoms. The molecule has 0 rings (SSSR count). The quantitative estimate of drug-likeness (QED) is 0.256. The summed E-state index contributed by atoms with van der Waals surface area (Å²) >= 11 is 0. The Kier molecular flexibility index (Phi) is 16.5. The van der Waals surface area contributed by atoms with E-state index in [2.05, 4.69) is 24.0 Å². The summed E-state index contributed by atoms with van der Waals surface area (Å²) in [6, 6.07) is 0. The van der Waals surface area contributed by atoms with E-state index in [1.54, 1.807) is 0 Å². The maximum absolute atomic E-state index is 11.4. The van der Waals surface area contributed by atoms with Gasteiger partial charge in [-0.3, -0.25) is 4.94 Å². The number of carbonyl (C=O) groups excluding carboxylic acids is 1. The summed E-state index contributed by atoms with van der Waals surface area (Å²) in [7, 11) is 0. The van der Waals surface area contributed by atoms with Gasteiger partial charge < -0.3 is 0 Å². The first-order chi connectivity index (χ1) is 10.3. The minimum atomic E-state index is -0.743. The minimum absolute atomic E-state index is 0.203. The van der Waals surface area contributed by atoms with Gasteiger partial charge in [0.05, 0.1) is 0 Å². The van der Waals surface area contributed by atoms with Crippen LogP contribution in [0.5, 0.6) is 0 Å². The molecule has 0 radical (unpaired) electrons. The zero-order valence-electron chi connectivity index (χ0n) is 13.7. The molecule has 0 aliphatic rings. The van der Waals surface area contributed by atoms with E-state index in [-0.39, 0.29) is 6.42 Å². The van der Waals surface area contributed by atoms with Crippen molar-refractivity contribution in [2.75, 3.05) is 0 Å². The van der Waals surface area contributed by atoms with Gasteiger partial charge in [0.25, 0.3) is 0 Å². The lowest BCUT2D eigenvalue weighted by molar-refractivity contribution is -0.183. The Morgan fingerprint density at radius 1 is 0.810 bits per heavy atom. The van der Waals surface area contributed by atoms with Crippen LogP contribution < -0.4 is 0 Å². The van der Waals surface area contributed by atoms with Crippen LogP contribution in [0.25, 0.3) is 0 Å². The van der Waals surface area contributed by atoms with Crippen LogP contribution in [0.15, 0.2) is 12.2 Å². The molecule has 0 unspecified atom stereocenters. The molecule has 0 aliphatic carbocycles. The number of carbonyl (C=O) groups is 1. The van der Waals surface area contributed by atoms with Crippen LogP contribution in [0, 0.1) is 0 Å². The van der Waals surface area contributed by atoms with Gasteiger partial charge in [0, 0.05) is 10.9 Å². The average molecular weight is 300 g/mol. The number of hydrogen-bond donors (Lipinski definition) is 0. The van der Waals surface area contributed by atoms with Crippen molar-refractivity contribution < 1.29 is 14.3 Å². The van der Waals surface area contributed by atoms with Gasteiger partial charge >= 0.3 is 5.97 Å². The molecule has 0 fully saturated rings. The Balaban J connectivity index is 3.10. The van der Waals surface area contributed by atoms with E-state index in [1.807, 2.05) is 0 Å². The van der Waals surface area contributed by atoms with Crippen molar-refractivity contribution >= 4 is 5.97 Å². The molecule has 0 spiro atoms. The second-order valence-corrected chi connectivity index (χ2v) is 5.78. The molecule has 0 atom stereocenters. The van der Waals surface area contributed by atoms with E-state index >= 15 is 0 Å². The Morgan fingerprint density at radius 2 is 1.29 bits per heavy atom. The van der Waals surface area contributed by atoms with E-state index in [0.29, 0.717) is 0 Å². The number of allylic oxidation sites excluding steroid dienone is 2.